The number of nitrogens with zero attached hydrogens (tertiary/aromatic N) is 2. The van der Waals surface area contributed by atoms with Crippen LogP contribution in [0, 0.1) is 0 Å². The standard InChI is InChI=1S/C15H17BrN2O2/c1-3-7-18-15(13(16)10-17-18)14(19)9-11-5-4-6-12(8-11)20-2/h4-6,8,10H,3,7,9H2,1-2H3. The molecular formula is C15H17BrN2O2. The number of hydrogen-bond acceptors (Lipinski definition) is 3. The third-order valence-electron chi connectivity index (χ3n) is 2.99. The molecule has 106 valence electrons. The summed E-state index contributed by atoms with van der Waals surface area (Å²) >= 11 is 3.40. The van der Waals surface area contributed by atoms with E-state index in [0.29, 0.717) is 12.1 Å². The molecule has 1 heterocycles. The van der Waals surface area contributed by atoms with Gasteiger partial charge in [-0.2, -0.15) is 5.10 Å². The van der Waals surface area contributed by atoms with Crippen molar-refractivity contribution in [2.45, 2.75) is 26.3 Å². The molecule has 5 heteroatoms. The van der Waals surface area contributed by atoms with Crippen molar-refractivity contribution in [3.63, 3.8) is 0 Å². The predicted molar refractivity (Wildman–Crippen MR) is 81.2 cm³/mol. The van der Waals surface area contributed by atoms with E-state index in [-0.39, 0.29) is 5.78 Å². The molecule has 4 nitrogen and oxygen atoms in total. The minimum atomic E-state index is 0.0519. The molecule has 1 aromatic heterocycles. The molecule has 20 heavy (non-hydrogen) atoms. The van der Waals surface area contributed by atoms with Gasteiger partial charge in [-0.3, -0.25) is 9.48 Å². The minimum Gasteiger partial charge on any atom is -0.497 e. The summed E-state index contributed by atoms with van der Waals surface area (Å²) in [5.41, 5.74) is 1.57. The summed E-state index contributed by atoms with van der Waals surface area (Å²) in [6.45, 7) is 2.80. The van der Waals surface area contributed by atoms with E-state index in [1.54, 1.807) is 18.0 Å². The fourth-order valence-electron chi connectivity index (χ4n) is 2.07. The summed E-state index contributed by atoms with van der Waals surface area (Å²) in [4.78, 5) is 12.5. The number of benzene rings is 1. The molecule has 0 aliphatic rings. The first-order chi connectivity index (χ1) is 9.65. The molecule has 2 aromatic rings. The molecule has 1 aromatic carbocycles. The Kier molecular flexibility index (Phi) is 4.95. The van der Waals surface area contributed by atoms with Crippen LogP contribution >= 0.6 is 15.9 Å². The number of aryl methyl sites for hydroxylation is 1. The Bertz CT molecular complexity index is 608. The van der Waals surface area contributed by atoms with Gasteiger partial charge in [0, 0.05) is 13.0 Å². The number of ketones is 1. The quantitative estimate of drug-likeness (QED) is 0.758. The number of carbonyl (C=O) groups is 1. The van der Waals surface area contributed by atoms with Crippen LogP contribution in [0.2, 0.25) is 0 Å². The first kappa shape index (κ1) is 14.8. The van der Waals surface area contributed by atoms with Crippen LogP contribution in [-0.4, -0.2) is 22.7 Å². The number of carbonyl (C=O) groups excluding carboxylic acids is 1. The highest BCUT2D eigenvalue weighted by Gasteiger charge is 2.17. The van der Waals surface area contributed by atoms with Crippen molar-refractivity contribution < 1.29 is 9.53 Å². The summed E-state index contributed by atoms with van der Waals surface area (Å²) in [7, 11) is 1.62. The first-order valence-electron chi connectivity index (χ1n) is 6.53. The van der Waals surface area contributed by atoms with Gasteiger partial charge in [-0.05, 0) is 40.0 Å². The Hall–Kier alpha value is -1.62. The van der Waals surface area contributed by atoms with Gasteiger partial charge in [0.05, 0.1) is 17.8 Å². The maximum absolute atomic E-state index is 12.5. The number of methoxy groups -OCH3 is 1. The molecule has 0 radical (unpaired) electrons. The lowest BCUT2D eigenvalue weighted by Crippen LogP contribution is -2.13. The van der Waals surface area contributed by atoms with Gasteiger partial charge in [0.15, 0.2) is 5.78 Å². The normalized spacial score (nSPS) is 10.6. The van der Waals surface area contributed by atoms with Crippen LogP contribution in [0.1, 0.15) is 29.4 Å². The Morgan fingerprint density at radius 1 is 1.45 bits per heavy atom. The van der Waals surface area contributed by atoms with Gasteiger partial charge >= 0.3 is 0 Å². The average molecular weight is 337 g/mol. The molecule has 0 amide bonds. The fraction of sp³-hybridized carbons (Fsp3) is 0.333. The lowest BCUT2D eigenvalue weighted by atomic mass is 10.1. The Labute approximate surface area is 126 Å². The highest BCUT2D eigenvalue weighted by atomic mass is 79.9. The molecule has 0 fully saturated rings. The van der Waals surface area contributed by atoms with Crippen molar-refractivity contribution in [3.05, 3.63) is 46.2 Å². The van der Waals surface area contributed by atoms with Gasteiger partial charge in [-0.15, -0.1) is 0 Å². The SMILES string of the molecule is CCCn1ncc(Br)c1C(=O)Cc1cccc(OC)c1. The maximum Gasteiger partial charge on any atom is 0.186 e. The van der Waals surface area contributed by atoms with Gasteiger partial charge in [0.1, 0.15) is 11.4 Å². The maximum atomic E-state index is 12.5. The van der Waals surface area contributed by atoms with Crippen LogP contribution < -0.4 is 4.74 Å². The number of hydrogen-bond donors (Lipinski definition) is 0. The molecule has 0 spiro atoms. The highest BCUT2D eigenvalue weighted by molar-refractivity contribution is 9.10. The second-order valence-corrected chi connectivity index (χ2v) is 5.37. The van der Waals surface area contributed by atoms with E-state index in [4.69, 9.17) is 4.74 Å². The van der Waals surface area contributed by atoms with E-state index in [1.165, 1.54) is 0 Å². The molecule has 0 aliphatic heterocycles. The van der Waals surface area contributed by atoms with Gasteiger partial charge in [-0.25, -0.2) is 0 Å². The fourth-order valence-corrected chi connectivity index (χ4v) is 2.59. The van der Waals surface area contributed by atoms with Crippen LogP contribution in [0.15, 0.2) is 34.9 Å². The number of halogens is 1. The molecule has 0 saturated carbocycles. The van der Waals surface area contributed by atoms with E-state index >= 15 is 0 Å². The smallest absolute Gasteiger partial charge is 0.186 e. The first-order valence-corrected chi connectivity index (χ1v) is 7.32. The zero-order valence-electron chi connectivity index (χ0n) is 11.6. The van der Waals surface area contributed by atoms with E-state index < -0.39 is 0 Å². The van der Waals surface area contributed by atoms with Crippen LogP contribution in [0.25, 0.3) is 0 Å². The van der Waals surface area contributed by atoms with Crippen molar-refractivity contribution in [2.24, 2.45) is 0 Å². The molecule has 0 saturated heterocycles. The Morgan fingerprint density at radius 3 is 2.95 bits per heavy atom. The second-order valence-electron chi connectivity index (χ2n) is 4.52. The Balaban J connectivity index is 2.21. The van der Waals surface area contributed by atoms with Gasteiger partial charge in [-0.1, -0.05) is 19.1 Å². The van der Waals surface area contributed by atoms with E-state index in [1.807, 2.05) is 24.3 Å². The largest absolute Gasteiger partial charge is 0.497 e. The summed E-state index contributed by atoms with van der Waals surface area (Å²) in [5.74, 6) is 0.813. The van der Waals surface area contributed by atoms with Crippen molar-refractivity contribution in [1.82, 2.24) is 9.78 Å². The zero-order chi connectivity index (χ0) is 14.5. The van der Waals surface area contributed by atoms with E-state index in [0.717, 1.165) is 28.8 Å². The number of aromatic nitrogens is 2. The molecule has 0 atom stereocenters. The molecule has 0 N–H and O–H groups in total. The Morgan fingerprint density at radius 2 is 2.25 bits per heavy atom. The van der Waals surface area contributed by atoms with Gasteiger partial charge in [0.25, 0.3) is 0 Å². The number of rotatable bonds is 6. The lowest BCUT2D eigenvalue weighted by Gasteiger charge is -2.07. The highest BCUT2D eigenvalue weighted by Crippen LogP contribution is 2.20. The predicted octanol–water partition coefficient (Wildman–Crippen LogP) is 3.49. The third kappa shape index (κ3) is 3.28. The monoisotopic (exact) mass is 336 g/mol. The van der Waals surface area contributed by atoms with E-state index in [9.17, 15) is 4.79 Å². The summed E-state index contributed by atoms with van der Waals surface area (Å²) in [6.07, 6.45) is 2.95. The van der Waals surface area contributed by atoms with E-state index in [2.05, 4.69) is 28.0 Å². The third-order valence-corrected chi connectivity index (χ3v) is 3.57. The van der Waals surface area contributed by atoms with Crippen LogP contribution in [-0.2, 0) is 13.0 Å². The van der Waals surface area contributed by atoms with Crippen LogP contribution in [0.3, 0.4) is 0 Å². The zero-order valence-corrected chi connectivity index (χ0v) is 13.2. The molecule has 0 aliphatic carbocycles. The van der Waals surface area contributed by atoms with Crippen molar-refractivity contribution >= 4 is 21.7 Å². The lowest BCUT2D eigenvalue weighted by molar-refractivity contribution is 0.0981. The molecule has 2 rings (SSSR count). The minimum absolute atomic E-state index is 0.0519. The van der Waals surface area contributed by atoms with Gasteiger partial charge in [0.2, 0.25) is 0 Å². The van der Waals surface area contributed by atoms with Crippen molar-refractivity contribution in [1.29, 1.82) is 0 Å². The summed E-state index contributed by atoms with van der Waals surface area (Å²) in [6, 6.07) is 7.56. The molecule has 0 unspecified atom stereocenters. The topological polar surface area (TPSA) is 44.1 Å². The number of ether oxygens (including phenoxy) is 1. The average Bonchev–Trinajstić information content (AvgIpc) is 2.80. The summed E-state index contributed by atoms with van der Waals surface area (Å²) < 4.78 is 7.68. The van der Waals surface area contributed by atoms with Crippen LogP contribution in [0.4, 0.5) is 0 Å². The summed E-state index contributed by atoms with van der Waals surface area (Å²) in [5, 5.41) is 4.23. The van der Waals surface area contributed by atoms with Crippen molar-refractivity contribution in [2.75, 3.05) is 7.11 Å². The van der Waals surface area contributed by atoms with Crippen LogP contribution in [0.5, 0.6) is 5.75 Å². The second kappa shape index (κ2) is 6.70. The number of Topliss-reactive ketones (excluding diaryl/α,β-unsaturated/α-hetero) is 1. The molecule has 0 bridgehead atoms. The molecular weight excluding hydrogens is 320 g/mol. The van der Waals surface area contributed by atoms with Crippen molar-refractivity contribution in [3.8, 4) is 5.75 Å². The van der Waals surface area contributed by atoms with Gasteiger partial charge < -0.3 is 4.74 Å².